The molecule has 0 spiro atoms. The topological polar surface area (TPSA) is 84.9 Å². The fourth-order valence-electron chi connectivity index (χ4n) is 2.42. The van der Waals surface area contributed by atoms with Gasteiger partial charge in [-0.05, 0) is 24.6 Å². The maximum atomic E-state index is 12.1. The van der Waals surface area contributed by atoms with Gasteiger partial charge in [-0.3, -0.25) is 9.59 Å². The van der Waals surface area contributed by atoms with Crippen LogP contribution in [0.15, 0.2) is 60.7 Å². The molecule has 2 atom stereocenters. The second kappa shape index (κ2) is 10.2. The molecule has 6 heteroatoms. The van der Waals surface area contributed by atoms with E-state index in [1.807, 2.05) is 36.4 Å². The van der Waals surface area contributed by atoms with Crippen molar-refractivity contribution in [1.29, 1.82) is 0 Å². The van der Waals surface area contributed by atoms with Crippen molar-refractivity contribution in [1.82, 2.24) is 5.32 Å². The summed E-state index contributed by atoms with van der Waals surface area (Å²) in [6.07, 6.45) is 0. The smallest absolute Gasteiger partial charge is 0.308 e. The van der Waals surface area contributed by atoms with Crippen LogP contribution in [0, 0.1) is 5.92 Å². The summed E-state index contributed by atoms with van der Waals surface area (Å²) >= 11 is 0. The van der Waals surface area contributed by atoms with Crippen LogP contribution in [0.4, 0.5) is 0 Å². The van der Waals surface area contributed by atoms with Gasteiger partial charge in [-0.15, -0.1) is 0 Å². The number of carboxylic acids is 1. The van der Waals surface area contributed by atoms with Gasteiger partial charge in [0.2, 0.25) is 5.91 Å². The molecule has 0 aliphatic heterocycles. The van der Waals surface area contributed by atoms with E-state index in [-0.39, 0.29) is 19.1 Å². The first-order valence-electron chi connectivity index (χ1n) is 8.40. The van der Waals surface area contributed by atoms with E-state index in [9.17, 15) is 14.7 Å². The van der Waals surface area contributed by atoms with Crippen molar-refractivity contribution in [3.05, 3.63) is 66.2 Å². The lowest BCUT2D eigenvalue weighted by Crippen LogP contribution is -2.37. The zero-order valence-corrected chi connectivity index (χ0v) is 14.6. The maximum Gasteiger partial charge on any atom is 0.308 e. The molecule has 0 aromatic heterocycles. The average molecular weight is 357 g/mol. The number of carbonyl (C=O) groups is 2. The molecule has 2 N–H and O–H groups in total. The van der Waals surface area contributed by atoms with E-state index in [4.69, 9.17) is 9.47 Å². The molecule has 0 saturated carbocycles. The molecule has 138 valence electrons. The van der Waals surface area contributed by atoms with Crippen molar-refractivity contribution in [3.63, 3.8) is 0 Å². The van der Waals surface area contributed by atoms with E-state index in [1.165, 1.54) is 0 Å². The van der Waals surface area contributed by atoms with Crippen LogP contribution in [0.2, 0.25) is 0 Å². The van der Waals surface area contributed by atoms with Gasteiger partial charge in [-0.2, -0.15) is 0 Å². The number of carbonyl (C=O) groups excluding carboxylic acids is 1. The Morgan fingerprint density at radius 1 is 1.00 bits per heavy atom. The molecule has 2 rings (SSSR count). The zero-order chi connectivity index (χ0) is 18.8. The minimum absolute atomic E-state index is 0.159. The molecule has 2 unspecified atom stereocenters. The number of nitrogens with one attached hydrogen (secondary N) is 1. The summed E-state index contributed by atoms with van der Waals surface area (Å²) in [5.41, 5.74) is 0.739. The van der Waals surface area contributed by atoms with E-state index in [2.05, 4.69) is 5.32 Å². The summed E-state index contributed by atoms with van der Waals surface area (Å²) in [5.74, 6) is -1.37. The zero-order valence-electron chi connectivity index (χ0n) is 14.6. The number of carboxylic acid groups (broad SMARTS) is 1. The molecule has 0 fully saturated rings. The molecule has 0 bridgehead atoms. The Morgan fingerprint density at radius 3 is 2.23 bits per heavy atom. The highest BCUT2D eigenvalue weighted by molar-refractivity contribution is 5.79. The molecule has 0 heterocycles. The van der Waals surface area contributed by atoms with Gasteiger partial charge in [-0.1, -0.05) is 48.5 Å². The van der Waals surface area contributed by atoms with Crippen LogP contribution < -0.4 is 10.1 Å². The first kappa shape index (κ1) is 19.5. The Kier molecular flexibility index (Phi) is 7.64. The van der Waals surface area contributed by atoms with E-state index >= 15 is 0 Å². The number of rotatable bonds is 10. The largest absolute Gasteiger partial charge is 0.491 e. The Balaban J connectivity index is 1.79. The van der Waals surface area contributed by atoms with E-state index < -0.39 is 17.9 Å². The second-order valence-electron chi connectivity index (χ2n) is 5.80. The van der Waals surface area contributed by atoms with Gasteiger partial charge >= 0.3 is 5.97 Å². The molecule has 0 radical (unpaired) electrons. The number of hydrogen-bond acceptors (Lipinski definition) is 4. The molecule has 1 amide bonds. The Hall–Kier alpha value is -2.86. The maximum absolute atomic E-state index is 12.1. The highest BCUT2D eigenvalue weighted by atomic mass is 16.5. The van der Waals surface area contributed by atoms with Crippen molar-refractivity contribution in [2.24, 2.45) is 5.92 Å². The number of ether oxygens (including phenoxy) is 2. The van der Waals surface area contributed by atoms with E-state index in [0.29, 0.717) is 6.61 Å². The van der Waals surface area contributed by atoms with Gasteiger partial charge in [0.15, 0.2) is 0 Å². The van der Waals surface area contributed by atoms with Crippen molar-refractivity contribution < 1.29 is 24.2 Å². The Morgan fingerprint density at radius 2 is 1.62 bits per heavy atom. The van der Waals surface area contributed by atoms with Crippen LogP contribution in [0.5, 0.6) is 5.75 Å². The molecule has 2 aromatic carbocycles. The predicted molar refractivity (Wildman–Crippen MR) is 96.9 cm³/mol. The molecule has 26 heavy (non-hydrogen) atoms. The van der Waals surface area contributed by atoms with Crippen LogP contribution in [0.25, 0.3) is 0 Å². The molecule has 6 nitrogen and oxygen atoms in total. The SMILES string of the molecule is CC(C(=O)O)C(NC(=O)COCCOc1ccccc1)c1ccccc1. The van der Waals surface area contributed by atoms with Crippen LogP contribution in [-0.2, 0) is 14.3 Å². The monoisotopic (exact) mass is 357 g/mol. The van der Waals surface area contributed by atoms with E-state index in [1.54, 1.807) is 31.2 Å². The number of benzene rings is 2. The third-order valence-electron chi connectivity index (χ3n) is 3.84. The summed E-state index contributed by atoms with van der Waals surface area (Å²) in [5, 5.41) is 12.0. The number of para-hydroxylation sites is 1. The summed E-state index contributed by atoms with van der Waals surface area (Å²) in [6.45, 7) is 1.99. The molecule has 0 saturated heterocycles. The van der Waals surface area contributed by atoms with Crippen molar-refractivity contribution in [2.75, 3.05) is 19.8 Å². The number of aliphatic carboxylic acids is 1. The molecule has 2 aromatic rings. The lowest BCUT2D eigenvalue weighted by atomic mass is 9.94. The number of amides is 1. The van der Waals surface area contributed by atoms with E-state index in [0.717, 1.165) is 11.3 Å². The van der Waals surface area contributed by atoms with Gasteiger partial charge in [0.05, 0.1) is 18.6 Å². The van der Waals surface area contributed by atoms with Crippen LogP contribution in [-0.4, -0.2) is 36.8 Å². The van der Waals surface area contributed by atoms with Gasteiger partial charge in [-0.25, -0.2) is 0 Å². The lowest BCUT2D eigenvalue weighted by molar-refractivity contribution is -0.142. The van der Waals surface area contributed by atoms with Crippen LogP contribution in [0.3, 0.4) is 0 Å². The third-order valence-corrected chi connectivity index (χ3v) is 3.84. The molecule has 0 aliphatic carbocycles. The van der Waals surface area contributed by atoms with Crippen molar-refractivity contribution in [2.45, 2.75) is 13.0 Å². The Bertz CT molecular complexity index is 690. The first-order chi connectivity index (χ1) is 12.6. The number of hydrogen-bond donors (Lipinski definition) is 2. The highest BCUT2D eigenvalue weighted by Gasteiger charge is 2.26. The lowest BCUT2D eigenvalue weighted by Gasteiger charge is -2.23. The van der Waals surface area contributed by atoms with Crippen molar-refractivity contribution >= 4 is 11.9 Å². The minimum atomic E-state index is -0.976. The average Bonchev–Trinajstić information content (AvgIpc) is 2.66. The summed E-state index contributed by atoms with van der Waals surface area (Å²) in [4.78, 5) is 23.4. The highest BCUT2D eigenvalue weighted by Crippen LogP contribution is 2.22. The fraction of sp³-hybridized carbons (Fsp3) is 0.300. The molecule has 0 aliphatic rings. The molecular formula is C20H23NO5. The third kappa shape index (κ3) is 6.22. The summed E-state index contributed by atoms with van der Waals surface area (Å²) in [6, 6.07) is 17.7. The van der Waals surface area contributed by atoms with Crippen LogP contribution >= 0.6 is 0 Å². The standard InChI is InChI=1S/C20H23NO5/c1-15(20(23)24)19(16-8-4-2-5-9-16)21-18(22)14-25-12-13-26-17-10-6-3-7-11-17/h2-11,15,19H,12-14H2,1H3,(H,21,22)(H,23,24). The molecular weight excluding hydrogens is 334 g/mol. The van der Waals surface area contributed by atoms with Crippen LogP contribution in [0.1, 0.15) is 18.5 Å². The van der Waals surface area contributed by atoms with Gasteiger partial charge in [0.25, 0.3) is 0 Å². The normalized spacial score (nSPS) is 12.8. The first-order valence-corrected chi connectivity index (χ1v) is 8.40. The van der Waals surface area contributed by atoms with Gasteiger partial charge in [0.1, 0.15) is 19.0 Å². The second-order valence-corrected chi connectivity index (χ2v) is 5.80. The summed E-state index contributed by atoms with van der Waals surface area (Å²) < 4.78 is 10.8. The predicted octanol–water partition coefficient (Wildman–Crippen LogP) is 2.66. The van der Waals surface area contributed by atoms with Crippen molar-refractivity contribution in [3.8, 4) is 5.75 Å². The fourth-order valence-corrected chi connectivity index (χ4v) is 2.42. The Labute approximate surface area is 152 Å². The quantitative estimate of drug-likeness (QED) is 0.639. The minimum Gasteiger partial charge on any atom is -0.491 e. The van der Waals surface area contributed by atoms with Gasteiger partial charge < -0.3 is 19.9 Å². The van der Waals surface area contributed by atoms with Gasteiger partial charge in [0, 0.05) is 0 Å². The summed E-state index contributed by atoms with van der Waals surface area (Å²) in [7, 11) is 0.